The van der Waals surface area contributed by atoms with Crippen LogP contribution in [0.15, 0.2) is 4.99 Å². The Morgan fingerprint density at radius 2 is 1.44 bits per heavy atom. The van der Waals surface area contributed by atoms with Gasteiger partial charge in [0.1, 0.15) is 18.1 Å². The number of nitrogens with zero attached hydrogens (tertiary/aromatic N) is 1. The lowest BCUT2D eigenvalue weighted by atomic mass is 9.99. The molecule has 4 unspecified atom stereocenters. The Bertz CT molecular complexity index is 714. The Labute approximate surface area is 205 Å². The Morgan fingerprint density at radius 1 is 0.882 bits per heavy atom. The van der Waals surface area contributed by atoms with Crippen molar-refractivity contribution < 1.29 is 24.3 Å². The first kappa shape index (κ1) is 31.5. The molecule has 0 aliphatic carbocycles. The maximum atomic E-state index is 13.1. The van der Waals surface area contributed by atoms with Gasteiger partial charge in [0, 0.05) is 6.54 Å². The second-order valence-corrected chi connectivity index (χ2v) is 9.68. The number of carbonyl (C=O) groups excluding carboxylic acids is 3. The normalized spacial score (nSPS) is 14.6. The monoisotopic (exact) mass is 503 g/mol. The molecule has 13 heteroatoms. The van der Waals surface area contributed by atoms with Crippen molar-refractivity contribution in [3.05, 3.63) is 0 Å². The molecule has 0 aliphatic heterocycles. The van der Waals surface area contributed by atoms with Gasteiger partial charge in [-0.1, -0.05) is 27.7 Å². The van der Waals surface area contributed by atoms with Crippen LogP contribution in [0.5, 0.6) is 0 Å². The Balaban J connectivity index is 5.48. The number of amides is 3. The van der Waals surface area contributed by atoms with E-state index in [1.165, 1.54) is 0 Å². The first-order chi connectivity index (χ1) is 15.8. The minimum absolute atomic E-state index is 0.0844. The van der Waals surface area contributed by atoms with Gasteiger partial charge in [-0.15, -0.1) is 0 Å². The highest BCUT2D eigenvalue weighted by Gasteiger charge is 2.32. The molecule has 0 aromatic carbocycles. The highest BCUT2D eigenvalue weighted by Crippen LogP contribution is 2.09. The minimum Gasteiger partial charge on any atom is -0.480 e. The number of nitrogens with two attached hydrogens (primary N) is 3. The highest BCUT2D eigenvalue weighted by atomic mass is 32.2. The summed E-state index contributed by atoms with van der Waals surface area (Å²) in [5.41, 5.74) is 16.6. The van der Waals surface area contributed by atoms with Gasteiger partial charge in [0.05, 0.1) is 6.04 Å². The number of hydrogen-bond donors (Lipinski definition) is 7. The molecule has 10 N–H and O–H groups in total. The lowest BCUT2D eigenvalue weighted by Crippen LogP contribution is -2.59. The van der Waals surface area contributed by atoms with Crippen molar-refractivity contribution in [1.29, 1.82) is 0 Å². The van der Waals surface area contributed by atoms with Gasteiger partial charge in [0.2, 0.25) is 17.7 Å². The summed E-state index contributed by atoms with van der Waals surface area (Å²) in [5, 5.41) is 17.1. The Kier molecular flexibility index (Phi) is 14.9. The standard InChI is InChI=1S/C21H41N7O5S/c1-11(2)15(19(31)28-16(12(3)4)20(32)33)27-18(30)14(7-6-9-25-21(23)24)26-17(29)13(22)8-10-34-5/h11-16H,6-10,22H2,1-5H3,(H,26,29)(H,27,30)(H,28,31)(H,32,33)(H4,23,24,25). The lowest BCUT2D eigenvalue weighted by Gasteiger charge is -2.27. The molecular weight excluding hydrogens is 462 g/mol. The van der Waals surface area contributed by atoms with E-state index >= 15 is 0 Å². The van der Waals surface area contributed by atoms with Crippen LogP contribution in [0.25, 0.3) is 0 Å². The van der Waals surface area contributed by atoms with Gasteiger partial charge in [0.15, 0.2) is 5.96 Å². The molecule has 4 atom stereocenters. The average Bonchev–Trinajstić information content (AvgIpc) is 2.74. The van der Waals surface area contributed by atoms with Crippen molar-refractivity contribution in [2.45, 2.75) is 71.1 Å². The van der Waals surface area contributed by atoms with Gasteiger partial charge < -0.3 is 38.3 Å². The van der Waals surface area contributed by atoms with E-state index in [9.17, 15) is 24.3 Å². The molecule has 0 heterocycles. The molecule has 0 spiro atoms. The number of nitrogens with one attached hydrogen (secondary N) is 3. The largest absolute Gasteiger partial charge is 0.480 e. The number of guanidine groups is 1. The summed E-state index contributed by atoms with van der Waals surface area (Å²) in [6.07, 6.45) is 2.94. The predicted octanol–water partition coefficient (Wildman–Crippen LogP) is -1.03. The third-order valence-corrected chi connectivity index (χ3v) is 5.67. The Hall–Kier alpha value is -2.54. The fourth-order valence-electron chi connectivity index (χ4n) is 2.97. The van der Waals surface area contributed by atoms with Crippen LogP contribution >= 0.6 is 11.8 Å². The van der Waals surface area contributed by atoms with Crippen LogP contribution in [0.2, 0.25) is 0 Å². The molecule has 0 fully saturated rings. The first-order valence-corrected chi connectivity index (χ1v) is 12.6. The molecule has 0 saturated heterocycles. The fourth-order valence-corrected chi connectivity index (χ4v) is 3.46. The molecule has 0 bridgehead atoms. The van der Waals surface area contributed by atoms with Crippen LogP contribution in [0.4, 0.5) is 0 Å². The molecule has 196 valence electrons. The van der Waals surface area contributed by atoms with Gasteiger partial charge in [-0.3, -0.25) is 19.4 Å². The smallest absolute Gasteiger partial charge is 0.326 e. The second-order valence-electron chi connectivity index (χ2n) is 8.70. The van der Waals surface area contributed by atoms with Gasteiger partial charge >= 0.3 is 5.97 Å². The maximum absolute atomic E-state index is 13.1. The molecule has 0 aromatic rings. The SMILES string of the molecule is CSCCC(N)C(=O)NC(CCCN=C(N)N)C(=O)NC(C(=O)NC(C(=O)O)C(C)C)C(C)C. The van der Waals surface area contributed by atoms with E-state index in [1.807, 2.05) is 6.26 Å². The predicted molar refractivity (Wildman–Crippen MR) is 134 cm³/mol. The number of carboxylic acids is 1. The molecule has 3 amide bonds. The zero-order valence-electron chi connectivity index (χ0n) is 20.7. The zero-order valence-corrected chi connectivity index (χ0v) is 21.5. The summed E-state index contributed by atoms with van der Waals surface area (Å²) in [5.74, 6) is -2.94. The van der Waals surface area contributed by atoms with Gasteiger partial charge in [-0.25, -0.2) is 4.79 Å². The number of rotatable bonds is 16. The fraction of sp³-hybridized carbons (Fsp3) is 0.762. The van der Waals surface area contributed by atoms with Crippen molar-refractivity contribution in [3.63, 3.8) is 0 Å². The molecule has 0 saturated carbocycles. The van der Waals surface area contributed by atoms with E-state index in [-0.39, 0.29) is 30.8 Å². The van der Waals surface area contributed by atoms with Gasteiger partial charge in [0.25, 0.3) is 0 Å². The number of carbonyl (C=O) groups is 4. The molecule has 0 radical (unpaired) electrons. The van der Waals surface area contributed by atoms with Crippen molar-refractivity contribution in [2.75, 3.05) is 18.6 Å². The minimum atomic E-state index is -1.17. The third kappa shape index (κ3) is 12.1. The summed E-state index contributed by atoms with van der Waals surface area (Å²) in [6, 6.07) is -3.87. The molecule has 0 aliphatic rings. The van der Waals surface area contributed by atoms with E-state index < -0.39 is 47.9 Å². The van der Waals surface area contributed by atoms with E-state index in [0.29, 0.717) is 18.6 Å². The van der Waals surface area contributed by atoms with E-state index in [4.69, 9.17) is 17.2 Å². The van der Waals surface area contributed by atoms with E-state index in [1.54, 1.807) is 39.5 Å². The number of hydrogen-bond acceptors (Lipinski definition) is 7. The number of thioether (sulfide) groups is 1. The summed E-state index contributed by atoms with van der Waals surface area (Å²) in [6.45, 7) is 7.04. The summed E-state index contributed by atoms with van der Waals surface area (Å²) >= 11 is 1.55. The molecular formula is C21H41N7O5S. The van der Waals surface area contributed by atoms with Crippen LogP contribution in [0.3, 0.4) is 0 Å². The van der Waals surface area contributed by atoms with Crippen molar-refractivity contribution in [3.8, 4) is 0 Å². The molecule has 12 nitrogen and oxygen atoms in total. The van der Waals surface area contributed by atoms with Crippen molar-refractivity contribution in [2.24, 2.45) is 34.0 Å². The van der Waals surface area contributed by atoms with Crippen molar-refractivity contribution in [1.82, 2.24) is 16.0 Å². The van der Waals surface area contributed by atoms with E-state index in [2.05, 4.69) is 20.9 Å². The number of aliphatic carboxylic acids is 1. The Morgan fingerprint density at radius 3 is 1.91 bits per heavy atom. The highest BCUT2D eigenvalue weighted by molar-refractivity contribution is 7.98. The second kappa shape index (κ2) is 16.1. The van der Waals surface area contributed by atoms with Crippen LogP contribution in [0.1, 0.15) is 47.0 Å². The number of carboxylic acid groups (broad SMARTS) is 1. The van der Waals surface area contributed by atoms with Crippen LogP contribution in [0, 0.1) is 11.8 Å². The quantitative estimate of drug-likeness (QED) is 0.0777. The number of aliphatic imine (C=N–C) groups is 1. The summed E-state index contributed by atoms with van der Waals surface area (Å²) in [4.78, 5) is 53.7. The maximum Gasteiger partial charge on any atom is 0.326 e. The van der Waals surface area contributed by atoms with Gasteiger partial charge in [-0.05, 0) is 43.1 Å². The van der Waals surface area contributed by atoms with Crippen LogP contribution in [-0.2, 0) is 19.2 Å². The summed E-state index contributed by atoms with van der Waals surface area (Å²) in [7, 11) is 0. The molecule has 34 heavy (non-hydrogen) atoms. The van der Waals surface area contributed by atoms with Crippen LogP contribution in [-0.4, -0.2) is 77.5 Å². The van der Waals surface area contributed by atoms with Gasteiger partial charge in [-0.2, -0.15) is 11.8 Å². The summed E-state index contributed by atoms with van der Waals surface area (Å²) < 4.78 is 0. The lowest BCUT2D eigenvalue weighted by molar-refractivity contribution is -0.143. The van der Waals surface area contributed by atoms with E-state index in [0.717, 1.165) is 0 Å². The average molecular weight is 504 g/mol. The first-order valence-electron chi connectivity index (χ1n) is 11.3. The van der Waals surface area contributed by atoms with Crippen LogP contribution < -0.4 is 33.2 Å². The third-order valence-electron chi connectivity index (χ3n) is 5.03. The van der Waals surface area contributed by atoms with Crippen molar-refractivity contribution >= 4 is 41.4 Å². The zero-order chi connectivity index (χ0) is 26.4. The molecule has 0 rings (SSSR count). The molecule has 0 aromatic heterocycles. The topological polar surface area (TPSA) is 215 Å².